The Hall–Kier alpha value is -1.02. The van der Waals surface area contributed by atoms with Crippen molar-refractivity contribution in [2.75, 3.05) is 20.6 Å². The van der Waals surface area contributed by atoms with E-state index < -0.39 is 0 Å². The second-order valence-corrected chi connectivity index (χ2v) is 4.24. The lowest BCUT2D eigenvalue weighted by Gasteiger charge is -2.16. The number of hydrogen-bond donors (Lipinski definition) is 1. The van der Waals surface area contributed by atoms with Gasteiger partial charge in [0.2, 0.25) is 0 Å². The van der Waals surface area contributed by atoms with Crippen molar-refractivity contribution < 1.29 is 5.11 Å². The number of benzene rings is 1. The quantitative estimate of drug-likeness (QED) is 0.792. The Morgan fingerprint density at radius 3 is 2.64 bits per heavy atom. The van der Waals surface area contributed by atoms with Crippen LogP contribution in [-0.2, 0) is 6.42 Å². The minimum Gasteiger partial charge on any atom is -0.508 e. The Morgan fingerprint density at radius 1 is 1.36 bits per heavy atom. The van der Waals surface area contributed by atoms with Crippen LogP contribution >= 0.6 is 0 Å². The number of rotatable bonds is 4. The van der Waals surface area contributed by atoms with Crippen molar-refractivity contribution in [1.82, 2.24) is 4.90 Å². The van der Waals surface area contributed by atoms with Crippen LogP contribution in [0.15, 0.2) is 24.3 Å². The van der Waals surface area contributed by atoms with Gasteiger partial charge >= 0.3 is 0 Å². The number of aromatic hydroxyl groups is 1. The number of hydrogen-bond acceptors (Lipinski definition) is 2. The third-order valence-corrected chi connectivity index (χ3v) is 2.17. The van der Waals surface area contributed by atoms with E-state index in [1.807, 2.05) is 12.1 Å². The monoisotopic (exact) mass is 193 g/mol. The van der Waals surface area contributed by atoms with E-state index in [-0.39, 0.29) is 0 Å². The molecule has 0 radical (unpaired) electrons. The molecule has 0 bridgehead atoms. The maximum atomic E-state index is 9.30. The maximum Gasteiger partial charge on any atom is 0.115 e. The van der Waals surface area contributed by atoms with Crippen LogP contribution < -0.4 is 0 Å². The molecule has 2 heteroatoms. The van der Waals surface area contributed by atoms with E-state index in [1.165, 1.54) is 5.56 Å². The molecule has 0 spiro atoms. The maximum absolute atomic E-state index is 9.30. The van der Waals surface area contributed by atoms with Crippen molar-refractivity contribution >= 4 is 0 Å². The van der Waals surface area contributed by atoms with E-state index >= 15 is 0 Å². The molecule has 0 aliphatic heterocycles. The highest BCUT2D eigenvalue weighted by Crippen LogP contribution is 2.14. The molecule has 0 fully saturated rings. The fourth-order valence-corrected chi connectivity index (χ4v) is 1.77. The van der Waals surface area contributed by atoms with Crippen molar-refractivity contribution in [1.29, 1.82) is 0 Å². The van der Waals surface area contributed by atoms with Gasteiger partial charge in [0.25, 0.3) is 0 Å². The second kappa shape index (κ2) is 5.01. The van der Waals surface area contributed by atoms with E-state index in [1.54, 1.807) is 6.07 Å². The number of nitrogens with zero attached hydrogens (tertiary/aromatic N) is 1. The molecular formula is C12H19NO. The van der Waals surface area contributed by atoms with Crippen molar-refractivity contribution in [2.45, 2.75) is 13.3 Å². The fourth-order valence-electron chi connectivity index (χ4n) is 1.77. The van der Waals surface area contributed by atoms with Crippen molar-refractivity contribution in [3.05, 3.63) is 29.8 Å². The molecule has 1 atom stereocenters. The summed E-state index contributed by atoms with van der Waals surface area (Å²) in [5, 5.41) is 9.30. The van der Waals surface area contributed by atoms with Crippen molar-refractivity contribution in [3.8, 4) is 5.75 Å². The molecule has 0 saturated heterocycles. The lowest BCUT2D eigenvalue weighted by Crippen LogP contribution is -2.21. The van der Waals surface area contributed by atoms with Gasteiger partial charge in [0, 0.05) is 6.54 Å². The summed E-state index contributed by atoms with van der Waals surface area (Å²) < 4.78 is 0. The average Bonchev–Trinajstić information content (AvgIpc) is 2.01. The molecule has 0 unspecified atom stereocenters. The SMILES string of the molecule is C[C@H](Cc1cccc(O)c1)CN(C)C. The van der Waals surface area contributed by atoms with Gasteiger partial charge in [-0.1, -0.05) is 19.1 Å². The van der Waals surface area contributed by atoms with Crippen LogP contribution in [0.1, 0.15) is 12.5 Å². The van der Waals surface area contributed by atoms with Crippen molar-refractivity contribution in [3.63, 3.8) is 0 Å². The average molecular weight is 193 g/mol. The summed E-state index contributed by atoms with van der Waals surface area (Å²) in [6.45, 7) is 3.31. The molecule has 1 aromatic rings. The molecule has 0 aromatic heterocycles. The van der Waals surface area contributed by atoms with Crippen LogP contribution in [0.2, 0.25) is 0 Å². The molecule has 2 nitrogen and oxygen atoms in total. The third kappa shape index (κ3) is 3.79. The Morgan fingerprint density at radius 2 is 2.07 bits per heavy atom. The molecule has 0 saturated carbocycles. The predicted molar refractivity (Wildman–Crippen MR) is 59.5 cm³/mol. The van der Waals surface area contributed by atoms with Gasteiger partial charge in [0.1, 0.15) is 5.75 Å². The number of phenols is 1. The Balaban J connectivity index is 2.51. The normalized spacial score (nSPS) is 13.1. The minimum atomic E-state index is 0.361. The molecular weight excluding hydrogens is 174 g/mol. The van der Waals surface area contributed by atoms with Gasteiger partial charge in [-0.25, -0.2) is 0 Å². The summed E-state index contributed by atoms with van der Waals surface area (Å²) in [7, 11) is 4.16. The molecule has 0 heterocycles. The van der Waals surface area contributed by atoms with E-state index in [0.29, 0.717) is 11.7 Å². The molecule has 1 rings (SSSR count). The first kappa shape index (κ1) is 11.1. The van der Waals surface area contributed by atoms with Gasteiger partial charge in [-0.05, 0) is 44.1 Å². The van der Waals surface area contributed by atoms with E-state index in [4.69, 9.17) is 0 Å². The molecule has 1 N–H and O–H groups in total. The zero-order valence-electron chi connectivity index (χ0n) is 9.20. The fraction of sp³-hybridized carbons (Fsp3) is 0.500. The van der Waals surface area contributed by atoms with E-state index in [9.17, 15) is 5.11 Å². The molecule has 0 amide bonds. The first-order valence-corrected chi connectivity index (χ1v) is 5.00. The molecule has 14 heavy (non-hydrogen) atoms. The Kier molecular flexibility index (Phi) is 3.96. The van der Waals surface area contributed by atoms with Crippen LogP contribution in [0, 0.1) is 5.92 Å². The van der Waals surface area contributed by atoms with Crippen LogP contribution in [0.25, 0.3) is 0 Å². The Bertz CT molecular complexity index is 283. The summed E-state index contributed by atoms with van der Waals surface area (Å²) in [6, 6.07) is 7.51. The van der Waals surface area contributed by atoms with Gasteiger partial charge in [-0.15, -0.1) is 0 Å². The first-order valence-electron chi connectivity index (χ1n) is 5.00. The van der Waals surface area contributed by atoms with Gasteiger partial charge < -0.3 is 10.0 Å². The second-order valence-electron chi connectivity index (χ2n) is 4.24. The smallest absolute Gasteiger partial charge is 0.115 e. The first-order chi connectivity index (χ1) is 6.58. The van der Waals surface area contributed by atoms with Crippen LogP contribution in [0.3, 0.4) is 0 Å². The lowest BCUT2D eigenvalue weighted by molar-refractivity contribution is 0.338. The van der Waals surface area contributed by atoms with Gasteiger partial charge in [-0.3, -0.25) is 0 Å². The Labute approximate surface area is 86.2 Å². The summed E-state index contributed by atoms with van der Waals surface area (Å²) in [5.74, 6) is 0.978. The molecule has 78 valence electrons. The molecule has 1 aromatic carbocycles. The standard InChI is InChI=1S/C12H19NO/c1-10(9-13(2)3)7-11-5-4-6-12(14)8-11/h4-6,8,10,14H,7,9H2,1-3H3/t10-/m1/s1. The van der Waals surface area contributed by atoms with Gasteiger partial charge in [-0.2, -0.15) is 0 Å². The summed E-state index contributed by atoms with van der Waals surface area (Å²) >= 11 is 0. The van der Waals surface area contributed by atoms with Crippen molar-refractivity contribution in [2.24, 2.45) is 5.92 Å². The predicted octanol–water partition coefficient (Wildman–Crippen LogP) is 2.13. The summed E-state index contributed by atoms with van der Waals surface area (Å²) in [5.41, 5.74) is 1.21. The topological polar surface area (TPSA) is 23.5 Å². The highest BCUT2D eigenvalue weighted by atomic mass is 16.3. The van der Waals surface area contributed by atoms with E-state index in [2.05, 4.69) is 32.0 Å². The van der Waals surface area contributed by atoms with Crippen LogP contribution in [-0.4, -0.2) is 30.6 Å². The highest BCUT2D eigenvalue weighted by Gasteiger charge is 2.05. The largest absolute Gasteiger partial charge is 0.508 e. The lowest BCUT2D eigenvalue weighted by atomic mass is 10.0. The van der Waals surface area contributed by atoms with E-state index in [0.717, 1.165) is 13.0 Å². The highest BCUT2D eigenvalue weighted by molar-refractivity contribution is 5.27. The third-order valence-electron chi connectivity index (χ3n) is 2.17. The van der Waals surface area contributed by atoms with Gasteiger partial charge in [0.05, 0.1) is 0 Å². The number of phenolic OH excluding ortho intramolecular Hbond substituents is 1. The van der Waals surface area contributed by atoms with Gasteiger partial charge in [0.15, 0.2) is 0 Å². The minimum absolute atomic E-state index is 0.361. The summed E-state index contributed by atoms with van der Waals surface area (Å²) in [6.07, 6.45) is 1.02. The van der Waals surface area contributed by atoms with Crippen LogP contribution in [0.4, 0.5) is 0 Å². The summed E-state index contributed by atoms with van der Waals surface area (Å²) in [4.78, 5) is 2.19. The van der Waals surface area contributed by atoms with Crippen LogP contribution in [0.5, 0.6) is 5.75 Å². The molecule has 0 aliphatic carbocycles. The zero-order chi connectivity index (χ0) is 10.6. The molecule has 0 aliphatic rings. The zero-order valence-corrected chi connectivity index (χ0v) is 9.20.